The van der Waals surface area contributed by atoms with E-state index in [9.17, 15) is 4.79 Å². The maximum atomic E-state index is 12.3. The first kappa shape index (κ1) is 14.3. The van der Waals surface area contributed by atoms with E-state index in [2.05, 4.69) is 11.2 Å². The molecule has 0 bridgehead atoms. The standard InChI is InChI=1S/C17H17N3O2/c18-12-13-6-8-20(9-7-13)17(21)11-15-10-16(22-19-15)14-4-2-1-3-5-14/h1-5,10,13H,6-9,11H2. The molecule has 0 unspecified atom stereocenters. The summed E-state index contributed by atoms with van der Waals surface area (Å²) in [4.78, 5) is 14.1. The molecule has 0 saturated carbocycles. The van der Waals surface area contributed by atoms with Crippen LogP contribution < -0.4 is 0 Å². The van der Waals surface area contributed by atoms with E-state index < -0.39 is 0 Å². The summed E-state index contributed by atoms with van der Waals surface area (Å²) in [5.74, 6) is 0.802. The molecule has 1 aliphatic heterocycles. The van der Waals surface area contributed by atoms with Gasteiger partial charge in [0.05, 0.1) is 18.2 Å². The molecule has 0 spiro atoms. The third-order valence-corrected chi connectivity index (χ3v) is 3.98. The smallest absolute Gasteiger partial charge is 0.228 e. The summed E-state index contributed by atoms with van der Waals surface area (Å²) >= 11 is 0. The molecule has 1 aromatic carbocycles. The Balaban J connectivity index is 1.61. The summed E-state index contributed by atoms with van der Waals surface area (Å²) in [6, 6.07) is 13.8. The van der Waals surface area contributed by atoms with Crippen LogP contribution in [0.25, 0.3) is 11.3 Å². The largest absolute Gasteiger partial charge is 0.356 e. The molecule has 1 saturated heterocycles. The zero-order valence-corrected chi connectivity index (χ0v) is 12.2. The molecule has 0 N–H and O–H groups in total. The first-order chi connectivity index (χ1) is 10.8. The van der Waals surface area contributed by atoms with E-state index >= 15 is 0 Å². The Kier molecular flexibility index (Phi) is 4.19. The Bertz CT molecular complexity index is 679. The van der Waals surface area contributed by atoms with E-state index in [1.54, 1.807) is 0 Å². The van der Waals surface area contributed by atoms with Crippen molar-refractivity contribution in [1.82, 2.24) is 10.1 Å². The molecule has 22 heavy (non-hydrogen) atoms. The number of amides is 1. The number of carbonyl (C=O) groups excluding carboxylic acids is 1. The first-order valence-electron chi connectivity index (χ1n) is 7.44. The van der Waals surface area contributed by atoms with Crippen LogP contribution in [-0.2, 0) is 11.2 Å². The molecule has 0 atom stereocenters. The second-order valence-corrected chi connectivity index (χ2v) is 5.51. The maximum absolute atomic E-state index is 12.3. The van der Waals surface area contributed by atoms with Gasteiger partial charge in [0.15, 0.2) is 5.76 Å². The molecule has 0 radical (unpaired) electrons. The average molecular weight is 295 g/mol. The summed E-state index contributed by atoms with van der Waals surface area (Å²) in [5.41, 5.74) is 1.59. The number of carbonyl (C=O) groups is 1. The molecule has 0 aliphatic carbocycles. The van der Waals surface area contributed by atoms with E-state index in [-0.39, 0.29) is 18.2 Å². The van der Waals surface area contributed by atoms with E-state index in [0.717, 1.165) is 18.4 Å². The molecular formula is C17H17N3O2. The van der Waals surface area contributed by atoms with Crippen molar-refractivity contribution in [2.24, 2.45) is 5.92 Å². The number of nitriles is 1. The highest BCUT2D eigenvalue weighted by Crippen LogP contribution is 2.21. The number of rotatable bonds is 3. The minimum atomic E-state index is 0.0456. The molecule has 1 fully saturated rings. The zero-order chi connectivity index (χ0) is 15.4. The highest BCUT2D eigenvalue weighted by molar-refractivity contribution is 5.78. The molecular weight excluding hydrogens is 278 g/mol. The van der Waals surface area contributed by atoms with Crippen LogP contribution >= 0.6 is 0 Å². The Labute approximate surface area is 129 Å². The van der Waals surface area contributed by atoms with Gasteiger partial charge >= 0.3 is 0 Å². The Hall–Kier alpha value is -2.61. The highest BCUT2D eigenvalue weighted by Gasteiger charge is 2.23. The van der Waals surface area contributed by atoms with Gasteiger partial charge in [-0.05, 0) is 12.8 Å². The second kappa shape index (κ2) is 6.44. The molecule has 3 rings (SSSR count). The topological polar surface area (TPSA) is 70.1 Å². The number of benzene rings is 1. The summed E-state index contributed by atoms with van der Waals surface area (Å²) in [6.07, 6.45) is 1.76. The molecule has 1 amide bonds. The van der Waals surface area contributed by atoms with Gasteiger partial charge in [0.25, 0.3) is 0 Å². The summed E-state index contributed by atoms with van der Waals surface area (Å²) < 4.78 is 5.31. The Morgan fingerprint density at radius 1 is 1.32 bits per heavy atom. The molecule has 5 heteroatoms. The normalized spacial score (nSPS) is 15.5. The van der Waals surface area contributed by atoms with Crippen LogP contribution in [-0.4, -0.2) is 29.1 Å². The first-order valence-corrected chi connectivity index (χ1v) is 7.44. The van der Waals surface area contributed by atoms with Crippen LogP contribution in [0.1, 0.15) is 18.5 Å². The van der Waals surface area contributed by atoms with Gasteiger partial charge in [-0.3, -0.25) is 4.79 Å². The van der Waals surface area contributed by atoms with Crippen molar-refractivity contribution in [3.63, 3.8) is 0 Å². The van der Waals surface area contributed by atoms with Gasteiger partial charge < -0.3 is 9.42 Å². The number of aromatic nitrogens is 1. The zero-order valence-electron chi connectivity index (χ0n) is 12.2. The lowest BCUT2D eigenvalue weighted by Gasteiger charge is -2.28. The molecule has 2 heterocycles. The van der Waals surface area contributed by atoms with Gasteiger partial charge in [0, 0.05) is 30.6 Å². The van der Waals surface area contributed by atoms with Gasteiger partial charge in [-0.25, -0.2) is 0 Å². The fourth-order valence-corrected chi connectivity index (χ4v) is 2.66. The predicted octanol–water partition coefficient (Wildman–Crippen LogP) is 2.65. The molecule has 2 aromatic rings. The van der Waals surface area contributed by atoms with Crippen LogP contribution in [0.3, 0.4) is 0 Å². The van der Waals surface area contributed by atoms with Crippen molar-refractivity contribution in [2.75, 3.05) is 13.1 Å². The van der Waals surface area contributed by atoms with Crippen LogP contribution in [0.15, 0.2) is 40.9 Å². The van der Waals surface area contributed by atoms with Crippen LogP contribution in [0, 0.1) is 17.2 Å². The second-order valence-electron chi connectivity index (χ2n) is 5.51. The van der Waals surface area contributed by atoms with Gasteiger partial charge in [0.1, 0.15) is 0 Å². The number of hydrogen-bond donors (Lipinski definition) is 0. The van der Waals surface area contributed by atoms with Crippen molar-refractivity contribution in [1.29, 1.82) is 5.26 Å². The predicted molar refractivity (Wildman–Crippen MR) is 80.6 cm³/mol. The van der Waals surface area contributed by atoms with Crippen LogP contribution in [0.4, 0.5) is 0 Å². The number of nitrogens with zero attached hydrogens (tertiary/aromatic N) is 3. The van der Waals surface area contributed by atoms with Crippen molar-refractivity contribution < 1.29 is 9.32 Å². The minimum absolute atomic E-state index is 0.0456. The van der Waals surface area contributed by atoms with Crippen molar-refractivity contribution >= 4 is 5.91 Å². The third kappa shape index (κ3) is 3.17. The van der Waals surface area contributed by atoms with Gasteiger partial charge in [-0.2, -0.15) is 5.26 Å². The fraction of sp³-hybridized carbons (Fsp3) is 0.353. The quantitative estimate of drug-likeness (QED) is 0.872. The van der Waals surface area contributed by atoms with Crippen molar-refractivity contribution in [2.45, 2.75) is 19.3 Å². The number of hydrogen-bond acceptors (Lipinski definition) is 4. The maximum Gasteiger partial charge on any atom is 0.228 e. The summed E-state index contributed by atoms with van der Waals surface area (Å²) in [6.45, 7) is 1.31. The summed E-state index contributed by atoms with van der Waals surface area (Å²) in [7, 11) is 0. The Morgan fingerprint density at radius 2 is 2.05 bits per heavy atom. The van der Waals surface area contributed by atoms with Crippen molar-refractivity contribution in [3.05, 3.63) is 42.1 Å². The molecule has 1 aromatic heterocycles. The van der Waals surface area contributed by atoms with E-state index in [0.29, 0.717) is 24.5 Å². The lowest BCUT2D eigenvalue weighted by molar-refractivity contribution is -0.131. The van der Waals surface area contributed by atoms with E-state index in [4.69, 9.17) is 9.78 Å². The molecule has 112 valence electrons. The number of likely N-dealkylation sites (tertiary alicyclic amines) is 1. The lowest BCUT2D eigenvalue weighted by Crippen LogP contribution is -2.39. The molecule has 5 nitrogen and oxygen atoms in total. The van der Waals surface area contributed by atoms with E-state index in [1.807, 2.05) is 41.3 Å². The summed E-state index contributed by atoms with van der Waals surface area (Å²) in [5, 5.41) is 12.9. The van der Waals surface area contributed by atoms with Crippen LogP contribution in [0.2, 0.25) is 0 Å². The van der Waals surface area contributed by atoms with Gasteiger partial charge in [0.2, 0.25) is 5.91 Å². The Morgan fingerprint density at radius 3 is 2.73 bits per heavy atom. The lowest BCUT2D eigenvalue weighted by atomic mass is 9.98. The average Bonchev–Trinajstić information content (AvgIpc) is 3.04. The van der Waals surface area contributed by atoms with Crippen LogP contribution in [0.5, 0.6) is 0 Å². The molecule has 1 aliphatic rings. The fourth-order valence-electron chi connectivity index (χ4n) is 2.66. The SMILES string of the molecule is N#CC1CCN(C(=O)Cc2cc(-c3ccccc3)on2)CC1. The van der Waals surface area contributed by atoms with Crippen molar-refractivity contribution in [3.8, 4) is 17.4 Å². The van der Waals surface area contributed by atoms with Gasteiger partial charge in [-0.15, -0.1) is 0 Å². The number of piperidine rings is 1. The van der Waals surface area contributed by atoms with Gasteiger partial charge in [-0.1, -0.05) is 35.5 Å². The van der Waals surface area contributed by atoms with E-state index in [1.165, 1.54) is 0 Å². The third-order valence-electron chi connectivity index (χ3n) is 3.98. The highest BCUT2D eigenvalue weighted by atomic mass is 16.5. The minimum Gasteiger partial charge on any atom is -0.356 e. The monoisotopic (exact) mass is 295 g/mol.